The van der Waals surface area contributed by atoms with Gasteiger partial charge in [-0.2, -0.15) is 0 Å². The zero-order valence-corrected chi connectivity index (χ0v) is 19.7. The molecule has 4 aliphatic heterocycles. The van der Waals surface area contributed by atoms with E-state index in [1.807, 2.05) is 0 Å². The number of hydrogen-bond donors (Lipinski definition) is 0. The Balaban J connectivity index is 1.21. The summed E-state index contributed by atoms with van der Waals surface area (Å²) in [6.07, 6.45) is 4.88. The number of aryl methyl sites for hydroxylation is 1. The number of hydrogen-bond acceptors (Lipinski definition) is 5. The number of rotatable bonds is 6. The summed E-state index contributed by atoms with van der Waals surface area (Å²) in [4.78, 5) is 6.77. The second kappa shape index (κ2) is 9.38. The predicted octanol–water partition coefficient (Wildman–Crippen LogP) is 4.72. The third kappa shape index (κ3) is 4.09. The Kier molecular flexibility index (Phi) is 6.16. The van der Waals surface area contributed by atoms with E-state index in [1.165, 1.54) is 42.7 Å². The van der Waals surface area contributed by atoms with Gasteiger partial charge in [-0.05, 0) is 66.6 Å². The van der Waals surface area contributed by atoms with Gasteiger partial charge >= 0.3 is 0 Å². The van der Waals surface area contributed by atoms with Crippen LogP contribution in [0.1, 0.15) is 53.5 Å². The number of nitrogens with zero attached hydrogens (tertiary/aromatic N) is 2. The predicted molar refractivity (Wildman–Crippen MR) is 130 cm³/mol. The van der Waals surface area contributed by atoms with Crippen molar-refractivity contribution in [2.75, 3.05) is 58.3 Å². The summed E-state index contributed by atoms with van der Waals surface area (Å²) in [5, 5.41) is 0. The summed E-state index contributed by atoms with van der Waals surface area (Å²) in [6.45, 7) is 8.13. The van der Waals surface area contributed by atoms with Crippen molar-refractivity contribution in [2.45, 2.75) is 42.5 Å². The maximum absolute atomic E-state index is 6.25. The average molecular weight is 451 g/mol. The molecule has 0 unspecified atom stereocenters. The van der Waals surface area contributed by atoms with E-state index in [1.54, 1.807) is 16.0 Å². The minimum atomic E-state index is 0.482. The molecule has 4 aliphatic rings. The van der Waals surface area contributed by atoms with Crippen molar-refractivity contribution in [1.29, 1.82) is 0 Å². The van der Waals surface area contributed by atoms with E-state index in [0.29, 0.717) is 12.0 Å². The van der Waals surface area contributed by atoms with Crippen molar-refractivity contribution in [3.8, 4) is 5.75 Å². The molecule has 32 heavy (non-hydrogen) atoms. The topological polar surface area (TPSA) is 24.9 Å². The summed E-state index contributed by atoms with van der Waals surface area (Å²) < 4.78 is 11.7. The fourth-order valence-electron chi connectivity index (χ4n) is 6.06. The molecule has 0 saturated carbocycles. The lowest BCUT2D eigenvalue weighted by Gasteiger charge is -2.38. The lowest BCUT2D eigenvalue weighted by Crippen LogP contribution is -2.37. The maximum Gasteiger partial charge on any atom is 0.119 e. The van der Waals surface area contributed by atoms with Crippen molar-refractivity contribution < 1.29 is 9.47 Å². The second-order valence-corrected chi connectivity index (χ2v) is 10.7. The SMILES string of the molecule is c1cc2c(c([C@H]3CN4CCC[C@H]4c4cc(OCCCN5CCOCC5)ccc43)c1)SCC2. The molecule has 6 rings (SSSR count). The third-order valence-corrected chi connectivity index (χ3v) is 8.88. The Bertz CT molecular complexity index is 959. The molecule has 0 amide bonds. The molecule has 0 N–H and O–H groups in total. The molecule has 5 heteroatoms. The zero-order chi connectivity index (χ0) is 21.3. The number of ether oxygens (including phenoxy) is 2. The molecule has 0 spiro atoms. The standard InChI is InChI=1S/C27H34N2O2S/c1-4-20-9-17-32-27(20)23(5-1)25-19-29-11-2-6-26(29)24-18-21(7-8-22(24)25)31-14-3-10-28-12-15-30-16-13-28/h1,4-5,7-8,18,25-26H,2-3,6,9-17,19H2/t25-,26-/m0/s1. The van der Waals surface area contributed by atoms with Crippen LogP contribution in [0.2, 0.25) is 0 Å². The van der Waals surface area contributed by atoms with Crippen molar-refractivity contribution in [3.63, 3.8) is 0 Å². The Labute approximate surface area is 196 Å². The fourth-order valence-corrected chi connectivity index (χ4v) is 7.32. The summed E-state index contributed by atoms with van der Waals surface area (Å²) >= 11 is 2.06. The van der Waals surface area contributed by atoms with E-state index in [4.69, 9.17) is 9.47 Å². The normalized spacial score (nSPS) is 25.4. The maximum atomic E-state index is 6.25. The molecule has 2 saturated heterocycles. The van der Waals surface area contributed by atoms with Crippen LogP contribution in [0.15, 0.2) is 41.3 Å². The zero-order valence-electron chi connectivity index (χ0n) is 18.9. The third-order valence-electron chi connectivity index (χ3n) is 7.68. The highest BCUT2D eigenvalue weighted by Crippen LogP contribution is 2.48. The van der Waals surface area contributed by atoms with Crippen molar-refractivity contribution in [1.82, 2.24) is 9.80 Å². The first-order valence-electron chi connectivity index (χ1n) is 12.4. The first kappa shape index (κ1) is 21.0. The summed E-state index contributed by atoms with van der Waals surface area (Å²) in [5.41, 5.74) is 6.16. The monoisotopic (exact) mass is 450 g/mol. The van der Waals surface area contributed by atoms with Crippen LogP contribution in [0.5, 0.6) is 5.75 Å². The summed E-state index contributed by atoms with van der Waals surface area (Å²) in [5.74, 6) is 2.76. The van der Waals surface area contributed by atoms with E-state index >= 15 is 0 Å². The minimum Gasteiger partial charge on any atom is -0.494 e. The van der Waals surface area contributed by atoms with E-state index in [9.17, 15) is 0 Å². The number of morpholine rings is 1. The van der Waals surface area contributed by atoms with Crippen molar-refractivity contribution in [2.24, 2.45) is 0 Å². The van der Waals surface area contributed by atoms with Crippen LogP contribution in [0.25, 0.3) is 0 Å². The molecular weight excluding hydrogens is 416 g/mol. The minimum absolute atomic E-state index is 0.482. The van der Waals surface area contributed by atoms with Crippen LogP contribution in [-0.2, 0) is 11.2 Å². The van der Waals surface area contributed by atoms with Crippen LogP contribution >= 0.6 is 11.8 Å². The van der Waals surface area contributed by atoms with Crippen LogP contribution in [0, 0.1) is 0 Å². The van der Waals surface area contributed by atoms with Crippen LogP contribution in [-0.4, -0.2) is 68.1 Å². The van der Waals surface area contributed by atoms with Gasteiger partial charge in [0.1, 0.15) is 5.75 Å². The smallest absolute Gasteiger partial charge is 0.119 e. The first-order valence-corrected chi connectivity index (χ1v) is 13.4. The fraction of sp³-hybridized carbons (Fsp3) is 0.556. The molecule has 0 aliphatic carbocycles. The number of thioether (sulfide) groups is 1. The highest BCUT2D eigenvalue weighted by molar-refractivity contribution is 7.99. The molecule has 2 aromatic rings. The number of fused-ring (bicyclic) bond motifs is 4. The molecule has 2 aromatic carbocycles. The van der Waals surface area contributed by atoms with E-state index in [-0.39, 0.29) is 0 Å². The summed E-state index contributed by atoms with van der Waals surface area (Å²) in [7, 11) is 0. The molecule has 0 aromatic heterocycles. The summed E-state index contributed by atoms with van der Waals surface area (Å²) in [6, 6.07) is 14.5. The molecule has 170 valence electrons. The Morgan fingerprint density at radius 2 is 1.97 bits per heavy atom. The molecule has 4 nitrogen and oxygen atoms in total. The lowest BCUT2D eigenvalue weighted by molar-refractivity contribution is 0.0358. The van der Waals surface area contributed by atoms with Crippen molar-refractivity contribution >= 4 is 11.8 Å². The van der Waals surface area contributed by atoms with E-state index < -0.39 is 0 Å². The van der Waals surface area contributed by atoms with Crippen molar-refractivity contribution in [3.05, 3.63) is 58.7 Å². The van der Waals surface area contributed by atoms with Gasteiger partial charge in [0.2, 0.25) is 0 Å². The van der Waals surface area contributed by atoms with Gasteiger partial charge < -0.3 is 9.47 Å². The Morgan fingerprint density at radius 3 is 2.91 bits per heavy atom. The van der Waals surface area contributed by atoms with E-state index in [0.717, 1.165) is 58.2 Å². The molecule has 2 atom stereocenters. The Hall–Kier alpha value is -1.53. The average Bonchev–Trinajstić information content (AvgIpc) is 3.51. The van der Waals surface area contributed by atoms with Gasteiger partial charge in [0, 0.05) is 48.8 Å². The second-order valence-electron chi connectivity index (χ2n) is 9.59. The van der Waals surface area contributed by atoms with Gasteiger partial charge in [-0.3, -0.25) is 9.80 Å². The van der Waals surface area contributed by atoms with Gasteiger partial charge in [0.15, 0.2) is 0 Å². The van der Waals surface area contributed by atoms with Gasteiger partial charge in [0.05, 0.1) is 19.8 Å². The highest BCUT2D eigenvalue weighted by atomic mass is 32.2. The van der Waals surface area contributed by atoms with Gasteiger partial charge in [-0.1, -0.05) is 24.3 Å². The quantitative estimate of drug-likeness (QED) is 0.593. The van der Waals surface area contributed by atoms with Crippen LogP contribution in [0.3, 0.4) is 0 Å². The molecular formula is C27H34N2O2S. The first-order chi connectivity index (χ1) is 15.9. The lowest BCUT2D eigenvalue weighted by atomic mass is 9.81. The molecule has 2 fully saturated rings. The Morgan fingerprint density at radius 1 is 1.03 bits per heavy atom. The highest BCUT2D eigenvalue weighted by Gasteiger charge is 2.38. The van der Waals surface area contributed by atoms with Crippen LogP contribution < -0.4 is 4.74 Å². The molecule has 4 heterocycles. The largest absolute Gasteiger partial charge is 0.494 e. The van der Waals surface area contributed by atoms with Crippen LogP contribution in [0.4, 0.5) is 0 Å². The molecule has 0 radical (unpaired) electrons. The number of benzene rings is 2. The van der Waals surface area contributed by atoms with E-state index in [2.05, 4.69) is 58.0 Å². The molecule has 0 bridgehead atoms. The van der Waals surface area contributed by atoms with Gasteiger partial charge in [-0.25, -0.2) is 0 Å². The van der Waals surface area contributed by atoms with Gasteiger partial charge in [0.25, 0.3) is 0 Å². The van der Waals surface area contributed by atoms with Gasteiger partial charge in [-0.15, -0.1) is 11.8 Å².